The van der Waals surface area contributed by atoms with Crippen molar-refractivity contribution in [3.05, 3.63) is 21.3 Å². The van der Waals surface area contributed by atoms with Crippen molar-refractivity contribution in [2.45, 2.75) is 38.5 Å². The molecule has 1 amide bonds. The highest BCUT2D eigenvalue weighted by molar-refractivity contribution is 7.17. The minimum Gasteiger partial charge on any atom is -0.481 e. The van der Waals surface area contributed by atoms with E-state index in [9.17, 15) is 9.59 Å². The summed E-state index contributed by atoms with van der Waals surface area (Å²) in [5.74, 6) is -0.961. The molecule has 1 saturated carbocycles. The number of hydrogen-bond donors (Lipinski definition) is 2. The molecule has 0 aromatic carbocycles. The van der Waals surface area contributed by atoms with Crippen LogP contribution in [0.2, 0.25) is 4.34 Å². The van der Waals surface area contributed by atoms with Crippen molar-refractivity contribution < 1.29 is 14.7 Å². The van der Waals surface area contributed by atoms with E-state index in [1.807, 2.05) is 0 Å². The molecule has 4 nitrogen and oxygen atoms in total. The van der Waals surface area contributed by atoms with Gasteiger partial charge in [-0.25, -0.2) is 0 Å². The first-order valence-corrected chi connectivity index (χ1v) is 7.96. The number of hydrogen-bond acceptors (Lipinski definition) is 3. The van der Waals surface area contributed by atoms with Crippen molar-refractivity contribution in [1.82, 2.24) is 5.32 Å². The van der Waals surface area contributed by atoms with E-state index >= 15 is 0 Å². The van der Waals surface area contributed by atoms with Gasteiger partial charge in [0.05, 0.1) is 15.6 Å². The topological polar surface area (TPSA) is 66.4 Å². The van der Waals surface area contributed by atoms with Crippen LogP contribution in [-0.4, -0.2) is 23.5 Å². The zero-order chi connectivity index (χ0) is 14.6. The molecule has 0 aliphatic heterocycles. The van der Waals surface area contributed by atoms with Gasteiger partial charge >= 0.3 is 5.97 Å². The number of amides is 1. The van der Waals surface area contributed by atoms with Crippen molar-refractivity contribution in [2.75, 3.05) is 6.54 Å². The van der Waals surface area contributed by atoms with E-state index in [0.717, 1.165) is 32.1 Å². The Morgan fingerprint density at radius 1 is 1.30 bits per heavy atom. The van der Waals surface area contributed by atoms with Crippen molar-refractivity contribution in [3.63, 3.8) is 0 Å². The van der Waals surface area contributed by atoms with Crippen LogP contribution in [0.1, 0.15) is 48.2 Å². The maximum Gasteiger partial charge on any atom is 0.303 e. The Bertz CT molecular complexity index is 494. The highest BCUT2D eigenvalue weighted by atomic mass is 35.5. The van der Waals surface area contributed by atoms with E-state index in [2.05, 4.69) is 5.32 Å². The number of rotatable bonds is 5. The fourth-order valence-corrected chi connectivity index (χ4v) is 3.79. The second kappa shape index (κ2) is 6.59. The van der Waals surface area contributed by atoms with Crippen LogP contribution >= 0.6 is 22.9 Å². The van der Waals surface area contributed by atoms with Gasteiger partial charge in [-0.15, -0.1) is 11.3 Å². The van der Waals surface area contributed by atoms with Crippen molar-refractivity contribution in [2.24, 2.45) is 5.41 Å². The van der Waals surface area contributed by atoms with E-state index < -0.39 is 5.97 Å². The van der Waals surface area contributed by atoms with Gasteiger partial charge in [0.1, 0.15) is 0 Å². The predicted octanol–water partition coefficient (Wildman–Crippen LogP) is 3.56. The fraction of sp³-hybridized carbons (Fsp3) is 0.571. The molecule has 1 aromatic heterocycles. The number of thiophene rings is 1. The zero-order valence-electron chi connectivity index (χ0n) is 11.2. The lowest BCUT2D eigenvalue weighted by Gasteiger charge is -2.36. The van der Waals surface area contributed by atoms with Gasteiger partial charge in [0.2, 0.25) is 0 Å². The number of aliphatic carboxylic acids is 1. The van der Waals surface area contributed by atoms with Gasteiger partial charge < -0.3 is 10.4 Å². The lowest BCUT2D eigenvalue weighted by atomic mass is 9.71. The molecule has 0 atom stereocenters. The summed E-state index contributed by atoms with van der Waals surface area (Å²) in [5.41, 5.74) is -0.291. The van der Waals surface area contributed by atoms with Crippen LogP contribution in [0.5, 0.6) is 0 Å². The number of carboxylic acids is 1. The van der Waals surface area contributed by atoms with Gasteiger partial charge in [-0.3, -0.25) is 9.59 Å². The van der Waals surface area contributed by atoms with E-state index in [4.69, 9.17) is 16.7 Å². The Balaban J connectivity index is 1.97. The largest absolute Gasteiger partial charge is 0.481 e. The van der Waals surface area contributed by atoms with Crippen molar-refractivity contribution >= 4 is 34.8 Å². The number of carboxylic acid groups (broad SMARTS) is 1. The average Bonchev–Trinajstić information content (AvgIpc) is 2.83. The smallest absolute Gasteiger partial charge is 0.303 e. The predicted molar refractivity (Wildman–Crippen MR) is 79.4 cm³/mol. The first-order chi connectivity index (χ1) is 9.51. The Kier molecular flexibility index (Phi) is 5.05. The Hall–Kier alpha value is -1.07. The third kappa shape index (κ3) is 3.96. The maximum absolute atomic E-state index is 12.0. The Morgan fingerprint density at radius 3 is 2.55 bits per heavy atom. The van der Waals surface area contributed by atoms with Gasteiger partial charge in [0, 0.05) is 6.54 Å². The molecule has 1 fully saturated rings. The third-order valence-electron chi connectivity index (χ3n) is 3.86. The Morgan fingerprint density at radius 2 is 2.00 bits per heavy atom. The first-order valence-electron chi connectivity index (χ1n) is 6.76. The molecule has 2 N–H and O–H groups in total. The van der Waals surface area contributed by atoms with Crippen LogP contribution in [0, 0.1) is 5.41 Å². The van der Waals surface area contributed by atoms with E-state index in [1.54, 1.807) is 12.1 Å². The van der Waals surface area contributed by atoms with Gasteiger partial charge in [-0.1, -0.05) is 30.9 Å². The van der Waals surface area contributed by atoms with Crippen LogP contribution in [0.25, 0.3) is 0 Å². The van der Waals surface area contributed by atoms with Crippen LogP contribution in [0.3, 0.4) is 0 Å². The molecular weight excluding hydrogens is 298 g/mol. The highest BCUT2D eigenvalue weighted by Gasteiger charge is 2.34. The monoisotopic (exact) mass is 315 g/mol. The molecule has 1 aromatic rings. The summed E-state index contributed by atoms with van der Waals surface area (Å²) in [4.78, 5) is 23.7. The highest BCUT2D eigenvalue weighted by Crippen LogP contribution is 2.38. The maximum atomic E-state index is 12.0. The number of halogens is 1. The average molecular weight is 316 g/mol. The quantitative estimate of drug-likeness (QED) is 0.873. The van der Waals surface area contributed by atoms with Crippen LogP contribution in [-0.2, 0) is 4.79 Å². The van der Waals surface area contributed by atoms with Crippen LogP contribution < -0.4 is 5.32 Å². The van der Waals surface area contributed by atoms with Crippen molar-refractivity contribution in [3.8, 4) is 0 Å². The normalized spacial score (nSPS) is 17.6. The second-order valence-electron chi connectivity index (χ2n) is 5.42. The standard InChI is InChI=1S/C14H18ClNO3S/c15-11-5-4-10(20-11)13(19)16-9-14(8-12(17)18)6-2-1-3-7-14/h4-5H,1-3,6-9H2,(H,16,19)(H,17,18). The molecule has 0 radical (unpaired) electrons. The Labute approximate surface area is 127 Å². The second-order valence-corrected chi connectivity index (χ2v) is 7.13. The molecular formula is C14H18ClNO3S. The number of nitrogens with one attached hydrogen (secondary N) is 1. The summed E-state index contributed by atoms with van der Waals surface area (Å²) >= 11 is 7.04. The molecule has 0 spiro atoms. The van der Waals surface area contributed by atoms with E-state index in [1.165, 1.54) is 11.3 Å². The molecule has 1 aliphatic rings. The molecule has 6 heteroatoms. The van der Waals surface area contributed by atoms with Crippen LogP contribution in [0.15, 0.2) is 12.1 Å². The molecule has 1 heterocycles. The number of carbonyl (C=O) groups is 2. The van der Waals surface area contributed by atoms with E-state index in [-0.39, 0.29) is 17.7 Å². The summed E-state index contributed by atoms with van der Waals surface area (Å²) in [5, 5.41) is 12.0. The first kappa shape index (κ1) is 15.3. The minimum atomic E-state index is -0.791. The molecule has 1 aliphatic carbocycles. The minimum absolute atomic E-state index is 0.123. The van der Waals surface area contributed by atoms with Gasteiger partial charge in [0.15, 0.2) is 0 Å². The number of carbonyl (C=O) groups excluding carboxylic acids is 1. The summed E-state index contributed by atoms with van der Waals surface area (Å²) in [6.07, 6.45) is 5.08. The lowest BCUT2D eigenvalue weighted by molar-refractivity contribution is -0.140. The summed E-state index contributed by atoms with van der Waals surface area (Å²) in [7, 11) is 0. The molecule has 0 saturated heterocycles. The lowest BCUT2D eigenvalue weighted by Crippen LogP contribution is -2.40. The fourth-order valence-electron chi connectivity index (χ4n) is 2.83. The molecule has 0 unspecified atom stereocenters. The van der Waals surface area contributed by atoms with Gasteiger partial charge in [-0.05, 0) is 30.4 Å². The summed E-state index contributed by atoms with van der Waals surface area (Å²) < 4.78 is 0.577. The molecule has 2 rings (SSSR count). The van der Waals surface area contributed by atoms with Crippen LogP contribution in [0.4, 0.5) is 0 Å². The molecule has 110 valence electrons. The van der Waals surface area contributed by atoms with Crippen molar-refractivity contribution in [1.29, 1.82) is 0 Å². The van der Waals surface area contributed by atoms with Gasteiger partial charge in [-0.2, -0.15) is 0 Å². The summed E-state index contributed by atoms with van der Waals surface area (Å²) in [6.45, 7) is 0.424. The zero-order valence-corrected chi connectivity index (χ0v) is 12.7. The summed E-state index contributed by atoms with van der Waals surface area (Å²) in [6, 6.07) is 3.38. The molecule has 0 bridgehead atoms. The third-order valence-corrected chi connectivity index (χ3v) is 5.09. The molecule has 20 heavy (non-hydrogen) atoms. The SMILES string of the molecule is O=C(O)CC1(CNC(=O)c2ccc(Cl)s2)CCCCC1. The van der Waals surface area contributed by atoms with E-state index in [0.29, 0.717) is 15.8 Å². The van der Waals surface area contributed by atoms with Gasteiger partial charge in [0.25, 0.3) is 5.91 Å².